The molecule has 0 saturated heterocycles. The van der Waals surface area contributed by atoms with Crippen LogP contribution in [0.4, 0.5) is 15.9 Å². The highest BCUT2D eigenvalue weighted by molar-refractivity contribution is 9.10. The van der Waals surface area contributed by atoms with Gasteiger partial charge in [-0.1, -0.05) is 6.92 Å². The number of aryl methyl sites for hydroxylation is 1. The number of benzene rings is 1. The SMILES string of the molecule is CCc1cc(C(=O)Nc2ccc(Br)c(F)c2)cc(NC)n1. The Balaban J connectivity index is 2.25. The second-order valence-electron chi connectivity index (χ2n) is 4.42. The summed E-state index contributed by atoms with van der Waals surface area (Å²) < 4.78 is 13.8. The van der Waals surface area contributed by atoms with Crippen molar-refractivity contribution in [2.24, 2.45) is 0 Å². The molecule has 1 aromatic heterocycles. The van der Waals surface area contributed by atoms with E-state index < -0.39 is 5.82 Å². The highest BCUT2D eigenvalue weighted by Gasteiger charge is 2.10. The van der Waals surface area contributed by atoms with Gasteiger partial charge in [0, 0.05) is 24.0 Å². The monoisotopic (exact) mass is 351 g/mol. The van der Waals surface area contributed by atoms with Gasteiger partial charge < -0.3 is 10.6 Å². The Labute approximate surface area is 130 Å². The van der Waals surface area contributed by atoms with Gasteiger partial charge in [0.2, 0.25) is 0 Å². The van der Waals surface area contributed by atoms with Gasteiger partial charge in [-0.05, 0) is 52.7 Å². The summed E-state index contributed by atoms with van der Waals surface area (Å²) >= 11 is 3.07. The third kappa shape index (κ3) is 3.78. The predicted molar refractivity (Wildman–Crippen MR) is 85.2 cm³/mol. The van der Waals surface area contributed by atoms with Gasteiger partial charge in [-0.3, -0.25) is 4.79 Å². The Morgan fingerprint density at radius 2 is 2.10 bits per heavy atom. The number of hydrogen-bond donors (Lipinski definition) is 2. The number of anilines is 2. The molecule has 0 spiro atoms. The number of aromatic nitrogens is 1. The minimum atomic E-state index is -0.423. The van der Waals surface area contributed by atoms with Gasteiger partial charge in [0.25, 0.3) is 5.91 Å². The average molecular weight is 352 g/mol. The zero-order valence-electron chi connectivity index (χ0n) is 11.7. The molecule has 0 unspecified atom stereocenters. The number of carbonyl (C=O) groups excluding carboxylic acids is 1. The van der Waals surface area contributed by atoms with E-state index in [2.05, 4.69) is 31.5 Å². The van der Waals surface area contributed by atoms with Gasteiger partial charge >= 0.3 is 0 Å². The van der Waals surface area contributed by atoms with Crippen LogP contribution in [0.1, 0.15) is 23.0 Å². The van der Waals surface area contributed by atoms with Gasteiger partial charge in [-0.15, -0.1) is 0 Å². The van der Waals surface area contributed by atoms with Gasteiger partial charge in [0.05, 0.1) is 4.47 Å². The van der Waals surface area contributed by atoms with Crippen LogP contribution in [-0.2, 0) is 6.42 Å². The van der Waals surface area contributed by atoms with E-state index in [0.29, 0.717) is 21.5 Å². The van der Waals surface area contributed by atoms with Crippen LogP contribution in [0.15, 0.2) is 34.8 Å². The summed E-state index contributed by atoms with van der Waals surface area (Å²) in [6.45, 7) is 1.97. The summed E-state index contributed by atoms with van der Waals surface area (Å²) in [6.07, 6.45) is 0.725. The van der Waals surface area contributed by atoms with Crippen molar-refractivity contribution in [3.63, 3.8) is 0 Å². The van der Waals surface area contributed by atoms with Crippen molar-refractivity contribution >= 4 is 33.3 Å². The number of pyridine rings is 1. The lowest BCUT2D eigenvalue weighted by Crippen LogP contribution is -2.13. The molecule has 1 heterocycles. The van der Waals surface area contributed by atoms with Crippen LogP contribution in [0.5, 0.6) is 0 Å². The van der Waals surface area contributed by atoms with E-state index in [4.69, 9.17) is 0 Å². The van der Waals surface area contributed by atoms with Crippen LogP contribution in [0.2, 0.25) is 0 Å². The molecule has 1 amide bonds. The number of nitrogens with zero attached hydrogens (tertiary/aromatic N) is 1. The number of carbonyl (C=O) groups is 1. The molecule has 0 aliphatic heterocycles. The van der Waals surface area contributed by atoms with Gasteiger partial charge in [-0.2, -0.15) is 0 Å². The molecule has 0 saturated carbocycles. The molecule has 6 heteroatoms. The normalized spacial score (nSPS) is 10.3. The zero-order chi connectivity index (χ0) is 15.4. The van der Waals surface area contributed by atoms with Crippen LogP contribution in [-0.4, -0.2) is 17.9 Å². The van der Waals surface area contributed by atoms with Crippen molar-refractivity contribution in [3.8, 4) is 0 Å². The predicted octanol–water partition coefficient (Wildman–Crippen LogP) is 3.84. The smallest absolute Gasteiger partial charge is 0.255 e. The second kappa shape index (κ2) is 6.67. The Morgan fingerprint density at radius 3 is 2.71 bits per heavy atom. The summed E-state index contributed by atoms with van der Waals surface area (Å²) in [4.78, 5) is 16.6. The molecule has 0 atom stereocenters. The average Bonchev–Trinajstić information content (AvgIpc) is 2.50. The lowest BCUT2D eigenvalue weighted by molar-refractivity contribution is 0.102. The lowest BCUT2D eigenvalue weighted by Gasteiger charge is -2.09. The van der Waals surface area contributed by atoms with Crippen molar-refractivity contribution in [3.05, 3.63) is 51.9 Å². The molecule has 4 nitrogen and oxygen atoms in total. The van der Waals surface area contributed by atoms with Gasteiger partial charge in [0.1, 0.15) is 11.6 Å². The van der Waals surface area contributed by atoms with E-state index in [0.717, 1.165) is 12.1 Å². The van der Waals surface area contributed by atoms with E-state index >= 15 is 0 Å². The van der Waals surface area contributed by atoms with Crippen LogP contribution < -0.4 is 10.6 Å². The van der Waals surface area contributed by atoms with Crippen LogP contribution in [0.25, 0.3) is 0 Å². The minimum absolute atomic E-state index is 0.301. The first kappa shape index (κ1) is 15.4. The zero-order valence-corrected chi connectivity index (χ0v) is 13.3. The largest absolute Gasteiger partial charge is 0.373 e. The summed E-state index contributed by atoms with van der Waals surface area (Å²) in [5.74, 6) is -0.0977. The highest BCUT2D eigenvalue weighted by atomic mass is 79.9. The van der Waals surface area contributed by atoms with E-state index in [1.54, 1.807) is 31.3 Å². The van der Waals surface area contributed by atoms with Crippen molar-refractivity contribution in [1.29, 1.82) is 0 Å². The van der Waals surface area contributed by atoms with E-state index in [9.17, 15) is 9.18 Å². The number of nitrogens with one attached hydrogen (secondary N) is 2. The van der Waals surface area contributed by atoms with Crippen molar-refractivity contribution in [1.82, 2.24) is 4.98 Å². The maximum Gasteiger partial charge on any atom is 0.255 e. The van der Waals surface area contributed by atoms with Crippen LogP contribution in [0, 0.1) is 5.82 Å². The summed E-state index contributed by atoms with van der Waals surface area (Å²) in [6, 6.07) is 7.83. The standard InChI is InChI=1S/C15H15BrFN3O/c1-3-10-6-9(7-14(18-2)19-10)15(21)20-11-4-5-12(16)13(17)8-11/h4-8H,3H2,1-2H3,(H,18,19)(H,20,21). The Morgan fingerprint density at radius 1 is 1.33 bits per heavy atom. The number of halogens is 2. The van der Waals surface area contributed by atoms with Crippen molar-refractivity contribution < 1.29 is 9.18 Å². The molecule has 0 bridgehead atoms. The summed E-state index contributed by atoms with van der Waals surface area (Å²) in [5, 5.41) is 5.59. The van der Waals surface area contributed by atoms with Crippen LogP contribution in [0.3, 0.4) is 0 Å². The maximum atomic E-state index is 13.5. The molecule has 0 radical (unpaired) electrons. The van der Waals surface area contributed by atoms with Crippen molar-refractivity contribution in [2.75, 3.05) is 17.7 Å². The Bertz CT molecular complexity index is 654. The Hall–Kier alpha value is -1.95. The number of amides is 1. The molecule has 1 aromatic carbocycles. The molecule has 2 N–H and O–H groups in total. The minimum Gasteiger partial charge on any atom is -0.373 e. The number of rotatable bonds is 4. The number of hydrogen-bond acceptors (Lipinski definition) is 3. The fourth-order valence-electron chi connectivity index (χ4n) is 1.81. The molecule has 0 aliphatic rings. The first-order valence-corrected chi connectivity index (χ1v) is 7.28. The first-order valence-electron chi connectivity index (χ1n) is 6.48. The van der Waals surface area contributed by atoms with Gasteiger partial charge in [-0.25, -0.2) is 9.37 Å². The fourth-order valence-corrected chi connectivity index (χ4v) is 2.05. The first-order chi connectivity index (χ1) is 10.0. The molecule has 0 fully saturated rings. The van der Waals surface area contributed by atoms with E-state index in [-0.39, 0.29) is 5.91 Å². The van der Waals surface area contributed by atoms with Crippen LogP contribution >= 0.6 is 15.9 Å². The summed E-state index contributed by atoms with van der Waals surface area (Å²) in [5.41, 5.74) is 1.70. The third-order valence-corrected chi connectivity index (χ3v) is 3.58. The van der Waals surface area contributed by atoms with E-state index in [1.165, 1.54) is 6.07 Å². The molecule has 2 aromatic rings. The molecule has 21 heavy (non-hydrogen) atoms. The lowest BCUT2D eigenvalue weighted by atomic mass is 10.1. The topological polar surface area (TPSA) is 54.0 Å². The summed E-state index contributed by atoms with van der Waals surface area (Å²) in [7, 11) is 1.74. The maximum absolute atomic E-state index is 13.5. The molecular weight excluding hydrogens is 337 g/mol. The molecular formula is C15H15BrFN3O. The fraction of sp³-hybridized carbons (Fsp3) is 0.200. The highest BCUT2D eigenvalue weighted by Crippen LogP contribution is 2.20. The molecule has 110 valence electrons. The molecule has 2 rings (SSSR count). The quantitative estimate of drug-likeness (QED) is 0.879. The Kier molecular flexibility index (Phi) is 4.90. The van der Waals surface area contributed by atoms with E-state index in [1.807, 2.05) is 6.92 Å². The van der Waals surface area contributed by atoms with Gasteiger partial charge in [0.15, 0.2) is 0 Å². The molecule has 0 aliphatic carbocycles. The second-order valence-corrected chi connectivity index (χ2v) is 5.27. The van der Waals surface area contributed by atoms with Crippen molar-refractivity contribution in [2.45, 2.75) is 13.3 Å². The third-order valence-electron chi connectivity index (χ3n) is 2.94.